The molecule has 1 aromatic rings. The molecule has 4 heteroatoms. The lowest BCUT2D eigenvalue weighted by atomic mass is 10.7. The summed E-state index contributed by atoms with van der Waals surface area (Å²) in [5.41, 5.74) is 0. The van der Waals surface area contributed by atoms with E-state index < -0.39 is 0 Å². The third-order valence-corrected chi connectivity index (χ3v) is 1.63. The second kappa shape index (κ2) is 2.91. The van der Waals surface area contributed by atoms with E-state index in [4.69, 9.17) is 5.84 Å². The van der Waals surface area contributed by atoms with Gasteiger partial charge in [0.05, 0.1) is 6.54 Å². The third-order valence-electron chi connectivity index (χ3n) is 0.868. The fourth-order valence-corrected chi connectivity index (χ4v) is 1.22. The maximum absolute atomic E-state index is 5.38. The number of thiazole rings is 1. The van der Waals surface area contributed by atoms with Gasteiger partial charge in [0.2, 0.25) is 0 Å². The number of hydrogen-bond acceptors (Lipinski definition) is 4. The number of nitrogens with two attached hydrogens (primary N) is 1. The van der Waals surface area contributed by atoms with Crippen LogP contribution < -0.4 is 5.84 Å². The van der Waals surface area contributed by atoms with Crippen molar-refractivity contribution in [1.82, 2.24) is 9.99 Å². The van der Waals surface area contributed by atoms with E-state index in [1.807, 2.05) is 12.4 Å². The third kappa shape index (κ3) is 2.09. The second-order valence-electron chi connectivity index (χ2n) is 1.84. The molecule has 0 radical (unpaired) electrons. The minimum Gasteiger partial charge on any atom is -0.269 e. The van der Waals surface area contributed by atoms with Crippen molar-refractivity contribution in [2.45, 2.75) is 6.54 Å². The van der Waals surface area contributed by atoms with E-state index >= 15 is 0 Å². The summed E-state index contributed by atoms with van der Waals surface area (Å²) in [7, 11) is 1.82. The largest absolute Gasteiger partial charge is 0.269 e. The fraction of sp³-hybridized carbons (Fsp3) is 0.400. The zero-order valence-corrected chi connectivity index (χ0v) is 6.06. The summed E-state index contributed by atoms with van der Waals surface area (Å²) in [6.07, 6.45) is 1.78. The van der Waals surface area contributed by atoms with Crippen LogP contribution in [0.25, 0.3) is 0 Å². The zero-order valence-electron chi connectivity index (χ0n) is 5.24. The highest BCUT2D eigenvalue weighted by atomic mass is 32.1. The molecule has 0 aliphatic rings. The Kier molecular flexibility index (Phi) is 2.16. The van der Waals surface area contributed by atoms with Crippen LogP contribution in [-0.2, 0) is 6.54 Å². The van der Waals surface area contributed by atoms with E-state index in [9.17, 15) is 0 Å². The van der Waals surface area contributed by atoms with Crippen LogP contribution >= 0.6 is 11.3 Å². The lowest BCUT2D eigenvalue weighted by Gasteiger charge is -2.04. The minimum atomic E-state index is 0.734. The van der Waals surface area contributed by atoms with Gasteiger partial charge in [-0.2, -0.15) is 0 Å². The first-order valence-electron chi connectivity index (χ1n) is 2.63. The van der Waals surface area contributed by atoms with Gasteiger partial charge >= 0.3 is 0 Å². The number of aromatic nitrogens is 1. The van der Waals surface area contributed by atoms with Gasteiger partial charge < -0.3 is 0 Å². The molecule has 0 spiro atoms. The average molecular weight is 143 g/mol. The van der Waals surface area contributed by atoms with Gasteiger partial charge in [-0.25, -0.2) is 9.99 Å². The van der Waals surface area contributed by atoms with Crippen LogP contribution in [0.5, 0.6) is 0 Å². The Bertz CT molecular complexity index is 159. The molecule has 0 atom stereocenters. The van der Waals surface area contributed by atoms with Gasteiger partial charge in [-0.05, 0) is 0 Å². The molecule has 0 amide bonds. The van der Waals surface area contributed by atoms with Gasteiger partial charge in [0, 0.05) is 18.6 Å². The molecular weight excluding hydrogens is 134 g/mol. The van der Waals surface area contributed by atoms with E-state index in [0.717, 1.165) is 11.6 Å². The predicted molar refractivity (Wildman–Crippen MR) is 37.8 cm³/mol. The number of rotatable bonds is 2. The number of hydrogen-bond donors (Lipinski definition) is 1. The normalized spacial score (nSPS) is 10.6. The van der Waals surface area contributed by atoms with Crippen LogP contribution in [0.3, 0.4) is 0 Å². The summed E-state index contributed by atoms with van der Waals surface area (Å²) < 4.78 is 0. The molecule has 9 heavy (non-hydrogen) atoms. The van der Waals surface area contributed by atoms with Crippen molar-refractivity contribution in [1.29, 1.82) is 0 Å². The lowest BCUT2D eigenvalue weighted by Crippen LogP contribution is -2.24. The Balaban J connectivity index is 2.48. The van der Waals surface area contributed by atoms with Gasteiger partial charge in [0.1, 0.15) is 5.01 Å². The first-order chi connectivity index (χ1) is 4.29. The Labute approximate surface area is 58.1 Å². The highest BCUT2D eigenvalue weighted by Gasteiger charge is 1.94. The second-order valence-corrected chi connectivity index (χ2v) is 2.82. The van der Waals surface area contributed by atoms with Crippen molar-refractivity contribution in [3.8, 4) is 0 Å². The van der Waals surface area contributed by atoms with Crippen LogP contribution in [0.1, 0.15) is 5.01 Å². The van der Waals surface area contributed by atoms with Crippen LogP contribution in [0.4, 0.5) is 0 Å². The van der Waals surface area contributed by atoms with Gasteiger partial charge in [-0.3, -0.25) is 5.84 Å². The molecule has 2 N–H and O–H groups in total. The van der Waals surface area contributed by atoms with E-state index in [-0.39, 0.29) is 0 Å². The van der Waals surface area contributed by atoms with Crippen molar-refractivity contribution in [3.63, 3.8) is 0 Å². The smallest absolute Gasteiger partial charge is 0.108 e. The molecule has 0 saturated carbocycles. The molecular formula is C5H9N3S. The fourth-order valence-electron chi connectivity index (χ4n) is 0.544. The molecule has 0 saturated heterocycles. The molecule has 0 fully saturated rings. The lowest BCUT2D eigenvalue weighted by molar-refractivity contribution is 0.341. The summed E-state index contributed by atoms with van der Waals surface area (Å²) >= 11 is 1.62. The van der Waals surface area contributed by atoms with Gasteiger partial charge in [0.25, 0.3) is 0 Å². The Morgan fingerprint density at radius 1 is 1.89 bits per heavy atom. The molecule has 1 heterocycles. The maximum Gasteiger partial charge on any atom is 0.108 e. The quantitative estimate of drug-likeness (QED) is 0.483. The summed E-state index contributed by atoms with van der Waals surface area (Å²) in [5.74, 6) is 5.38. The highest BCUT2D eigenvalue weighted by Crippen LogP contribution is 2.03. The Morgan fingerprint density at radius 2 is 2.67 bits per heavy atom. The van der Waals surface area contributed by atoms with Crippen molar-refractivity contribution >= 4 is 11.3 Å². The van der Waals surface area contributed by atoms with Crippen molar-refractivity contribution < 1.29 is 0 Å². The maximum atomic E-state index is 5.38. The molecule has 0 bridgehead atoms. The Morgan fingerprint density at radius 3 is 3.11 bits per heavy atom. The van der Waals surface area contributed by atoms with Crippen LogP contribution in [0.15, 0.2) is 11.6 Å². The first kappa shape index (κ1) is 6.67. The average Bonchev–Trinajstić information content (AvgIpc) is 2.15. The Hall–Kier alpha value is -0.450. The van der Waals surface area contributed by atoms with Crippen LogP contribution in [0, 0.1) is 0 Å². The van der Waals surface area contributed by atoms with E-state index in [2.05, 4.69) is 4.98 Å². The highest BCUT2D eigenvalue weighted by molar-refractivity contribution is 7.09. The molecule has 50 valence electrons. The number of nitrogens with zero attached hydrogens (tertiary/aromatic N) is 2. The van der Waals surface area contributed by atoms with Crippen molar-refractivity contribution in [3.05, 3.63) is 16.6 Å². The van der Waals surface area contributed by atoms with E-state index in [0.29, 0.717) is 0 Å². The van der Waals surface area contributed by atoms with Crippen LogP contribution in [-0.4, -0.2) is 17.0 Å². The van der Waals surface area contributed by atoms with Crippen molar-refractivity contribution in [2.24, 2.45) is 5.84 Å². The summed E-state index contributed by atoms with van der Waals surface area (Å²) in [6.45, 7) is 0.734. The van der Waals surface area contributed by atoms with E-state index in [1.54, 1.807) is 22.5 Å². The molecule has 0 unspecified atom stereocenters. The molecule has 1 aromatic heterocycles. The van der Waals surface area contributed by atoms with E-state index in [1.165, 1.54) is 0 Å². The first-order valence-corrected chi connectivity index (χ1v) is 3.51. The van der Waals surface area contributed by atoms with Crippen molar-refractivity contribution in [2.75, 3.05) is 7.05 Å². The molecule has 3 nitrogen and oxygen atoms in total. The van der Waals surface area contributed by atoms with Gasteiger partial charge in [0.15, 0.2) is 0 Å². The standard InChI is InChI=1S/C5H9N3S/c1-8(6)4-5-7-2-3-9-5/h2-3H,4,6H2,1H3. The monoisotopic (exact) mass is 143 g/mol. The molecule has 0 aliphatic heterocycles. The van der Waals surface area contributed by atoms with Gasteiger partial charge in [-0.15, -0.1) is 11.3 Å². The zero-order chi connectivity index (χ0) is 6.69. The summed E-state index contributed by atoms with van der Waals surface area (Å²) in [6, 6.07) is 0. The predicted octanol–water partition coefficient (Wildman–Crippen LogP) is 0.449. The molecule has 0 aromatic carbocycles. The molecule has 1 rings (SSSR count). The summed E-state index contributed by atoms with van der Waals surface area (Å²) in [5, 5.41) is 4.61. The van der Waals surface area contributed by atoms with Crippen LogP contribution in [0.2, 0.25) is 0 Å². The summed E-state index contributed by atoms with van der Waals surface area (Å²) in [4.78, 5) is 4.05. The minimum absolute atomic E-state index is 0.734. The number of hydrazine groups is 1. The molecule has 0 aliphatic carbocycles. The van der Waals surface area contributed by atoms with Gasteiger partial charge in [-0.1, -0.05) is 0 Å². The SMILES string of the molecule is CN(N)Cc1nccs1. The topological polar surface area (TPSA) is 42.1 Å².